The van der Waals surface area contributed by atoms with Crippen LogP contribution in [-0.4, -0.2) is 26.2 Å². The first-order valence-corrected chi connectivity index (χ1v) is 4.91. The van der Waals surface area contributed by atoms with Gasteiger partial charge < -0.3 is 20.9 Å². The molecular weight excluding hydrogens is 208 g/mol. The van der Waals surface area contributed by atoms with Gasteiger partial charge in [-0.25, -0.2) is 0 Å². The lowest BCUT2D eigenvalue weighted by Gasteiger charge is -2.09. The van der Waals surface area contributed by atoms with Gasteiger partial charge in [0.2, 0.25) is 5.91 Å². The van der Waals surface area contributed by atoms with Crippen LogP contribution in [-0.2, 0) is 9.53 Å². The van der Waals surface area contributed by atoms with Crippen molar-refractivity contribution in [1.82, 2.24) is 0 Å². The smallest absolute Gasteiger partial charge is 0.238 e. The number of hydrogen-bond acceptors (Lipinski definition) is 4. The summed E-state index contributed by atoms with van der Waals surface area (Å²) in [6.45, 7) is 1.01. The van der Waals surface area contributed by atoms with Crippen molar-refractivity contribution in [3.8, 4) is 5.75 Å². The Labute approximate surface area is 94.3 Å². The fourth-order valence-electron chi connectivity index (χ4n) is 1.18. The first-order chi connectivity index (χ1) is 7.65. The maximum Gasteiger partial charge on any atom is 0.238 e. The van der Waals surface area contributed by atoms with E-state index in [9.17, 15) is 4.79 Å². The van der Waals surface area contributed by atoms with Crippen LogP contribution < -0.4 is 16.2 Å². The number of nitrogens with two attached hydrogens (primary N) is 2. The lowest BCUT2D eigenvalue weighted by atomic mass is 10.1. The van der Waals surface area contributed by atoms with Gasteiger partial charge in [0.25, 0.3) is 0 Å². The van der Waals surface area contributed by atoms with Crippen LogP contribution in [0.4, 0.5) is 0 Å². The molecule has 0 aliphatic carbocycles. The summed E-state index contributed by atoms with van der Waals surface area (Å²) >= 11 is 0. The average Bonchev–Trinajstić information content (AvgIpc) is 2.29. The molecule has 0 saturated heterocycles. The van der Waals surface area contributed by atoms with Crippen molar-refractivity contribution >= 4 is 5.91 Å². The number of rotatable bonds is 6. The molecule has 5 nitrogen and oxygen atoms in total. The second-order valence-corrected chi connectivity index (χ2v) is 3.29. The van der Waals surface area contributed by atoms with Crippen LogP contribution >= 0.6 is 0 Å². The molecule has 88 valence electrons. The maximum atomic E-state index is 10.8. The minimum Gasteiger partial charge on any atom is -0.491 e. The molecule has 0 heterocycles. The van der Waals surface area contributed by atoms with Gasteiger partial charge in [-0.3, -0.25) is 4.79 Å². The molecule has 0 saturated carbocycles. The number of hydrogen-bond donors (Lipinski definition) is 2. The van der Waals surface area contributed by atoms with Crippen molar-refractivity contribution < 1.29 is 14.3 Å². The van der Waals surface area contributed by atoms with Crippen LogP contribution in [0, 0.1) is 0 Å². The van der Waals surface area contributed by atoms with Crippen LogP contribution in [0.1, 0.15) is 11.6 Å². The number of carbonyl (C=O) groups is 1. The van der Waals surface area contributed by atoms with E-state index in [1.807, 2.05) is 0 Å². The number of ether oxygens (including phenoxy) is 2. The molecule has 1 aromatic rings. The Morgan fingerprint density at radius 3 is 2.44 bits per heavy atom. The standard InChI is InChI=1S/C11H16N2O3/c1-15-6-7-16-9-4-2-8(3-5-9)10(12)11(13)14/h2-5,10H,6-7,12H2,1H3,(H2,13,14). The summed E-state index contributed by atoms with van der Waals surface area (Å²) in [5, 5.41) is 0. The molecule has 1 rings (SSSR count). The van der Waals surface area contributed by atoms with E-state index in [-0.39, 0.29) is 0 Å². The summed E-state index contributed by atoms with van der Waals surface area (Å²) < 4.78 is 10.2. The van der Waals surface area contributed by atoms with Crippen molar-refractivity contribution in [1.29, 1.82) is 0 Å². The molecular formula is C11H16N2O3. The van der Waals surface area contributed by atoms with Gasteiger partial charge in [-0.05, 0) is 17.7 Å². The number of carbonyl (C=O) groups excluding carboxylic acids is 1. The molecule has 1 amide bonds. The Balaban J connectivity index is 2.57. The summed E-state index contributed by atoms with van der Waals surface area (Å²) in [6.07, 6.45) is 0. The SMILES string of the molecule is COCCOc1ccc(C(N)C(N)=O)cc1. The predicted molar refractivity (Wildman–Crippen MR) is 59.9 cm³/mol. The lowest BCUT2D eigenvalue weighted by Crippen LogP contribution is -2.28. The van der Waals surface area contributed by atoms with E-state index in [1.54, 1.807) is 31.4 Å². The summed E-state index contributed by atoms with van der Waals surface area (Å²) in [5.74, 6) is 0.158. The van der Waals surface area contributed by atoms with Gasteiger partial charge >= 0.3 is 0 Å². The van der Waals surface area contributed by atoms with E-state index in [1.165, 1.54) is 0 Å². The van der Waals surface area contributed by atoms with E-state index in [0.717, 1.165) is 0 Å². The quantitative estimate of drug-likeness (QED) is 0.675. The van der Waals surface area contributed by atoms with Gasteiger partial charge in [0.1, 0.15) is 18.4 Å². The molecule has 1 aromatic carbocycles. The molecule has 0 aliphatic heterocycles. The highest BCUT2D eigenvalue weighted by Crippen LogP contribution is 2.16. The zero-order chi connectivity index (χ0) is 12.0. The molecule has 0 radical (unpaired) electrons. The summed E-state index contributed by atoms with van der Waals surface area (Å²) in [4.78, 5) is 10.8. The Morgan fingerprint density at radius 2 is 1.94 bits per heavy atom. The van der Waals surface area contributed by atoms with Crippen molar-refractivity contribution in [2.75, 3.05) is 20.3 Å². The predicted octanol–water partition coefficient (Wildman–Crippen LogP) is 0.197. The third-order valence-electron chi connectivity index (χ3n) is 2.10. The van der Waals surface area contributed by atoms with Gasteiger partial charge in [-0.1, -0.05) is 12.1 Å². The third-order valence-corrected chi connectivity index (χ3v) is 2.10. The molecule has 0 aliphatic rings. The molecule has 0 bridgehead atoms. The second-order valence-electron chi connectivity index (χ2n) is 3.29. The van der Waals surface area contributed by atoms with Gasteiger partial charge in [-0.15, -0.1) is 0 Å². The Hall–Kier alpha value is -1.59. The molecule has 1 unspecified atom stereocenters. The molecule has 0 fully saturated rings. The molecule has 1 atom stereocenters. The summed E-state index contributed by atoms with van der Waals surface area (Å²) in [6, 6.07) is 6.16. The van der Waals surface area contributed by atoms with E-state index in [0.29, 0.717) is 24.5 Å². The van der Waals surface area contributed by atoms with Crippen molar-refractivity contribution in [2.45, 2.75) is 6.04 Å². The minimum atomic E-state index is -0.770. The zero-order valence-corrected chi connectivity index (χ0v) is 9.18. The zero-order valence-electron chi connectivity index (χ0n) is 9.18. The highest BCUT2D eigenvalue weighted by molar-refractivity contribution is 5.81. The van der Waals surface area contributed by atoms with Gasteiger partial charge in [0, 0.05) is 7.11 Å². The highest BCUT2D eigenvalue weighted by Gasteiger charge is 2.11. The molecule has 5 heteroatoms. The van der Waals surface area contributed by atoms with E-state index in [4.69, 9.17) is 20.9 Å². The number of amides is 1. The van der Waals surface area contributed by atoms with E-state index in [2.05, 4.69) is 0 Å². The molecule has 16 heavy (non-hydrogen) atoms. The normalized spacial score (nSPS) is 12.1. The van der Waals surface area contributed by atoms with Crippen LogP contribution in [0.25, 0.3) is 0 Å². The first-order valence-electron chi connectivity index (χ1n) is 4.91. The van der Waals surface area contributed by atoms with Crippen LogP contribution in [0.5, 0.6) is 5.75 Å². The van der Waals surface area contributed by atoms with Crippen molar-refractivity contribution in [3.63, 3.8) is 0 Å². The Bertz CT molecular complexity index is 338. The van der Waals surface area contributed by atoms with Crippen LogP contribution in [0.15, 0.2) is 24.3 Å². The first kappa shape index (κ1) is 12.5. The Morgan fingerprint density at radius 1 is 1.31 bits per heavy atom. The number of benzene rings is 1. The minimum absolute atomic E-state index is 0.484. The Kier molecular flexibility index (Phi) is 4.75. The van der Waals surface area contributed by atoms with Crippen LogP contribution in [0.2, 0.25) is 0 Å². The van der Waals surface area contributed by atoms with Gasteiger partial charge in [0.15, 0.2) is 0 Å². The fraction of sp³-hybridized carbons (Fsp3) is 0.364. The van der Waals surface area contributed by atoms with E-state index >= 15 is 0 Å². The molecule has 4 N–H and O–H groups in total. The van der Waals surface area contributed by atoms with Crippen LogP contribution in [0.3, 0.4) is 0 Å². The largest absolute Gasteiger partial charge is 0.491 e. The lowest BCUT2D eigenvalue weighted by molar-refractivity contribution is -0.119. The summed E-state index contributed by atoms with van der Waals surface area (Å²) in [5.41, 5.74) is 11.3. The van der Waals surface area contributed by atoms with Gasteiger partial charge in [0.05, 0.1) is 6.61 Å². The van der Waals surface area contributed by atoms with Crippen molar-refractivity contribution in [3.05, 3.63) is 29.8 Å². The number of primary amides is 1. The monoisotopic (exact) mass is 224 g/mol. The van der Waals surface area contributed by atoms with Crippen molar-refractivity contribution in [2.24, 2.45) is 11.5 Å². The number of methoxy groups -OCH3 is 1. The van der Waals surface area contributed by atoms with Gasteiger partial charge in [-0.2, -0.15) is 0 Å². The topological polar surface area (TPSA) is 87.6 Å². The average molecular weight is 224 g/mol. The van der Waals surface area contributed by atoms with E-state index < -0.39 is 11.9 Å². The highest BCUT2D eigenvalue weighted by atomic mass is 16.5. The summed E-state index contributed by atoms with van der Waals surface area (Å²) in [7, 11) is 1.61. The maximum absolute atomic E-state index is 10.8. The molecule has 0 aromatic heterocycles. The third kappa shape index (κ3) is 3.52. The molecule has 0 spiro atoms. The fourth-order valence-corrected chi connectivity index (χ4v) is 1.18. The second kappa shape index (κ2) is 6.09.